The zero-order chi connectivity index (χ0) is 12.5. The first-order valence-electron chi connectivity index (χ1n) is 5.63. The van der Waals surface area contributed by atoms with Crippen LogP contribution in [0.25, 0.3) is 0 Å². The average Bonchev–Trinajstić information content (AvgIpc) is 3.04. The zero-order valence-corrected chi connectivity index (χ0v) is 9.95. The Morgan fingerprint density at radius 2 is 2.35 bits per heavy atom. The van der Waals surface area contributed by atoms with Gasteiger partial charge in [0.25, 0.3) is 5.91 Å². The van der Waals surface area contributed by atoms with Crippen molar-refractivity contribution in [2.24, 2.45) is 5.41 Å². The summed E-state index contributed by atoms with van der Waals surface area (Å²) in [7, 11) is 0. The van der Waals surface area contributed by atoms with Crippen molar-refractivity contribution >= 4 is 5.91 Å². The highest BCUT2D eigenvalue weighted by molar-refractivity contribution is 5.90. The Morgan fingerprint density at radius 1 is 1.65 bits per heavy atom. The smallest absolute Gasteiger partial charge is 0.291 e. The first-order valence-corrected chi connectivity index (χ1v) is 5.63. The van der Waals surface area contributed by atoms with Crippen LogP contribution in [0.5, 0.6) is 0 Å². The molecule has 0 radical (unpaired) electrons. The molecule has 0 bridgehead atoms. The highest BCUT2D eigenvalue weighted by Crippen LogP contribution is 2.37. The van der Waals surface area contributed by atoms with Crippen molar-refractivity contribution in [2.45, 2.75) is 32.6 Å². The lowest BCUT2D eigenvalue weighted by Gasteiger charge is -2.14. The Bertz CT molecular complexity index is 466. The number of nitrogens with one attached hydrogen (secondary N) is 2. The number of nitrogens with zero attached hydrogens (tertiary/aromatic N) is 3. The maximum Gasteiger partial charge on any atom is 0.291 e. The molecule has 1 saturated carbocycles. The Kier molecular flexibility index (Phi) is 2.84. The lowest BCUT2D eigenvalue weighted by atomic mass is 9.96. The van der Waals surface area contributed by atoms with Gasteiger partial charge in [0.15, 0.2) is 0 Å². The number of nitriles is 1. The van der Waals surface area contributed by atoms with E-state index in [0.29, 0.717) is 5.92 Å². The van der Waals surface area contributed by atoms with E-state index in [9.17, 15) is 4.79 Å². The second-order valence-electron chi connectivity index (χ2n) is 5.00. The van der Waals surface area contributed by atoms with Gasteiger partial charge in [0, 0.05) is 12.5 Å². The highest BCUT2D eigenvalue weighted by Gasteiger charge is 2.28. The first kappa shape index (κ1) is 11.6. The molecular formula is C11H15N5O. The molecule has 6 nitrogen and oxygen atoms in total. The molecule has 0 saturated heterocycles. The van der Waals surface area contributed by atoms with Crippen molar-refractivity contribution < 1.29 is 4.79 Å². The summed E-state index contributed by atoms with van der Waals surface area (Å²) in [4.78, 5) is 15.8. The van der Waals surface area contributed by atoms with Gasteiger partial charge in [0.2, 0.25) is 5.82 Å². The molecule has 0 atom stereocenters. The number of carbonyl (C=O) groups excluding carboxylic acids is 1. The van der Waals surface area contributed by atoms with E-state index in [4.69, 9.17) is 5.26 Å². The van der Waals surface area contributed by atoms with E-state index in [1.165, 1.54) is 0 Å². The zero-order valence-electron chi connectivity index (χ0n) is 9.95. The summed E-state index contributed by atoms with van der Waals surface area (Å²) in [6.45, 7) is 3.82. The summed E-state index contributed by atoms with van der Waals surface area (Å²) < 4.78 is 0. The maximum absolute atomic E-state index is 11.7. The summed E-state index contributed by atoms with van der Waals surface area (Å²) in [6.07, 6.45) is 2.22. The van der Waals surface area contributed by atoms with Crippen LogP contribution in [0.3, 0.4) is 0 Å². The van der Waals surface area contributed by atoms with E-state index in [-0.39, 0.29) is 18.3 Å². The average molecular weight is 233 g/mol. The minimum Gasteiger partial charge on any atom is -0.348 e. The van der Waals surface area contributed by atoms with E-state index in [1.54, 1.807) is 13.8 Å². The molecule has 6 heteroatoms. The van der Waals surface area contributed by atoms with Crippen LogP contribution in [0.15, 0.2) is 0 Å². The SMILES string of the molecule is CC(C)(C#N)CNC(=O)c1n[nH]c(C2CC2)n1. The van der Waals surface area contributed by atoms with E-state index in [1.807, 2.05) is 0 Å². The second kappa shape index (κ2) is 4.17. The molecule has 2 rings (SSSR count). The van der Waals surface area contributed by atoms with Gasteiger partial charge < -0.3 is 5.32 Å². The molecule has 1 amide bonds. The minimum absolute atomic E-state index is 0.153. The van der Waals surface area contributed by atoms with Crippen molar-refractivity contribution in [3.8, 4) is 6.07 Å². The third kappa shape index (κ3) is 2.81. The summed E-state index contributed by atoms with van der Waals surface area (Å²) in [5, 5.41) is 18.1. The summed E-state index contributed by atoms with van der Waals surface area (Å²) in [5.41, 5.74) is -0.578. The van der Waals surface area contributed by atoms with Crippen LogP contribution >= 0.6 is 0 Å². The van der Waals surface area contributed by atoms with E-state index in [2.05, 4.69) is 26.6 Å². The van der Waals surface area contributed by atoms with Crippen molar-refractivity contribution in [3.63, 3.8) is 0 Å². The molecule has 1 aromatic heterocycles. The van der Waals surface area contributed by atoms with Gasteiger partial charge in [0.1, 0.15) is 5.82 Å². The predicted molar refractivity (Wildman–Crippen MR) is 60.1 cm³/mol. The van der Waals surface area contributed by atoms with E-state index < -0.39 is 5.41 Å². The molecule has 17 heavy (non-hydrogen) atoms. The minimum atomic E-state index is -0.578. The van der Waals surface area contributed by atoms with Gasteiger partial charge in [-0.05, 0) is 26.7 Å². The molecule has 2 N–H and O–H groups in total. The van der Waals surface area contributed by atoms with Crippen molar-refractivity contribution in [3.05, 3.63) is 11.6 Å². The van der Waals surface area contributed by atoms with Crippen molar-refractivity contribution in [1.29, 1.82) is 5.26 Å². The standard InChI is InChI=1S/C11H15N5O/c1-11(2,5-12)6-13-10(17)9-14-8(15-16-9)7-3-4-7/h7H,3-4,6H2,1-2H3,(H,13,17)(H,14,15,16). The number of rotatable bonds is 4. The molecule has 1 aliphatic carbocycles. The number of H-pyrrole nitrogens is 1. The molecule has 90 valence electrons. The number of amides is 1. The van der Waals surface area contributed by atoms with Gasteiger partial charge in [-0.3, -0.25) is 9.89 Å². The largest absolute Gasteiger partial charge is 0.348 e. The van der Waals surface area contributed by atoms with Crippen LogP contribution in [0.4, 0.5) is 0 Å². The summed E-state index contributed by atoms with van der Waals surface area (Å²) in [6, 6.07) is 2.12. The van der Waals surface area contributed by atoms with Gasteiger partial charge in [-0.15, -0.1) is 5.10 Å². The third-order valence-electron chi connectivity index (χ3n) is 2.66. The molecule has 1 aliphatic rings. The molecule has 1 heterocycles. The van der Waals surface area contributed by atoms with Gasteiger partial charge in [-0.1, -0.05) is 0 Å². The van der Waals surface area contributed by atoms with E-state index in [0.717, 1.165) is 18.7 Å². The Labute approximate surface area is 99.4 Å². The maximum atomic E-state index is 11.7. The van der Waals surface area contributed by atoms with Gasteiger partial charge in [0.05, 0.1) is 11.5 Å². The van der Waals surface area contributed by atoms with Crippen LogP contribution in [0, 0.1) is 16.7 Å². The monoisotopic (exact) mass is 233 g/mol. The molecular weight excluding hydrogens is 218 g/mol. The number of carbonyl (C=O) groups is 1. The fourth-order valence-corrected chi connectivity index (χ4v) is 1.34. The summed E-state index contributed by atoms with van der Waals surface area (Å²) >= 11 is 0. The molecule has 1 aromatic rings. The lowest BCUT2D eigenvalue weighted by Crippen LogP contribution is -2.33. The quantitative estimate of drug-likeness (QED) is 0.809. The number of aromatic amines is 1. The molecule has 0 unspecified atom stereocenters. The fourth-order valence-electron chi connectivity index (χ4n) is 1.34. The van der Waals surface area contributed by atoms with Crippen LogP contribution in [0.2, 0.25) is 0 Å². The van der Waals surface area contributed by atoms with Crippen LogP contribution < -0.4 is 5.32 Å². The number of hydrogen-bond acceptors (Lipinski definition) is 4. The lowest BCUT2D eigenvalue weighted by molar-refractivity contribution is 0.0933. The summed E-state index contributed by atoms with van der Waals surface area (Å²) in [5.74, 6) is 1.05. The third-order valence-corrected chi connectivity index (χ3v) is 2.66. The molecule has 0 aliphatic heterocycles. The van der Waals surface area contributed by atoms with Crippen LogP contribution in [-0.2, 0) is 0 Å². The van der Waals surface area contributed by atoms with Gasteiger partial charge >= 0.3 is 0 Å². The van der Waals surface area contributed by atoms with Crippen LogP contribution in [0.1, 0.15) is 49.1 Å². The Hall–Kier alpha value is -1.90. The molecule has 0 aromatic carbocycles. The van der Waals surface area contributed by atoms with Crippen molar-refractivity contribution in [1.82, 2.24) is 20.5 Å². The normalized spacial score (nSPS) is 15.4. The Morgan fingerprint density at radius 3 is 2.94 bits per heavy atom. The fraction of sp³-hybridized carbons (Fsp3) is 0.636. The predicted octanol–water partition coefficient (Wildman–Crippen LogP) is 0.962. The van der Waals surface area contributed by atoms with E-state index >= 15 is 0 Å². The first-order chi connectivity index (χ1) is 8.02. The van der Waals surface area contributed by atoms with Crippen LogP contribution in [-0.4, -0.2) is 27.6 Å². The number of hydrogen-bond donors (Lipinski definition) is 2. The van der Waals surface area contributed by atoms with Gasteiger partial charge in [-0.25, -0.2) is 4.98 Å². The van der Waals surface area contributed by atoms with Crippen molar-refractivity contribution in [2.75, 3.05) is 6.54 Å². The molecule has 1 fully saturated rings. The van der Waals surface area contributed by atoms with Gasteiger partial charge in [-0.2, -0.15) is 5.26 Å². The second-order valence-corrected chi connectivity index (χ2v) is 5.00. The Balaban J connectivity index is 1.93. The number of aromatic nitrogens is 3. The molecule has 0 spiro atoms. The topological polar surface area (TPSA) is 94.5 Å². The highest BCUT2D eigenvalue weighted by atomic mass is 16.2.